The predicted octanol–water partition coefficient (Wildman–Crippen LogP) is 2.13. The standard InChI is InChI=1S/C10H19N/c1-8-6-10-9(2)4-3-5-11(10)7-8/h8-10H,3-7H2,1-2H3/t8-,9-,10-/m1/s1. The molecule has 1 nitrogen and oxygen atoms in total. The Bertz CT molecular complexity index is 144. The van der Waals surface area contributed by atoms with E-state index in [9.17, 15) is 0 Å². The van der Waals surface area contributed by atoms with E-state index in [2.05, 4.69) is 18.7 Å². The maximum absolute atomic E-state index is 2.71. The lowest BCUT2D eigenvalue weighted by Crippen LogP contribution is -2.39. The maximum atomic E-state index is 2.71. The van der Waals surface area contributed by atoms with Crippen LogP contribution in [-0.2, 0) is 0 Å². The van der Waals surface area contributed by atoms with Crippen LogP contribution in [0.3, 0.4) is 0 Å². The highest BCUT2D eigenvalue weighted by atomic mass is 15.2. The molecule has 0 aromatic carbocycles. The van der Waals surface area contributed by atoms with E-state index in [0.29, 0.717) is 0 Å². The van der Waals surface area contributed by atoms with Crippen LogP contribution in [0.4, 0.5) is 0 Å². The van der Waals surface area contributed by atoms with Gasteiger partial charge in [0.1, 0.15) is 0 Å². The van der Waals surface area contributed by atoms with Crippen molar-refractivity contribution < 1.29 is 0 Å². The summed E-state index contributed by atoms with van der Waals surface area (Å²) >= 11 is 0. The molecule has 0 aromatic heterocycles. The summed E-state index contributed by atoms with van der Waals surface area (Å²) in [5.41, 5.74) is 0. The number of piperidine rings is 1. The molecule has 2 aliphatic heterocycles. The van der Waals surface area contributed by atoms with E-state index in [0.717, 1.165) is 17.9 Å². The molecule has 0 radical (unpaired) electrons. The van der Waals surface area contributed by atoms with Crippen molar-refractivity contribution in [1.82, 2.24) is 4.90 Å². The van der Waals surface area contributed by atoms with Crippen molar-refractivity contribution in [3.63, 3.8) is 0 Å². The molecule has 64 valence electrons. The van der Waals surface area contributed by atoms with Gasteiger partial charge in [-0.25, -0.2) is 0 Å². The van der Waals surface area contributed by atoms with Crippen molar-refractivity contribution in [3.05, 3.63) is 0 Å². The minimum Gasteiger partial charge on any atom is -0.300 e. The van der Waals surface area contributed by atoms with Crippen molar-refractivity contribution >= 4 is 0 Å². The number of rotatable bonds is 0. The third kappa shape index (κ3) is 1.31. The molecule has 11 heavy (non-hydrogen) atoms. The molecule has 0 unspecified atom stereocenters. The molecule has 2 rings (SSSR count). The van der Waals surface area contributed by atoms with Crippen LogP contribution < -0.4 is 0 Å². The zero-order valence-electron chi connectivity index (χ0n) is 7.71. The van der Waals surface area contributed by atoms with Gasteiger partial charge in [0.05, 0.1) is 0 Å². The van der Waals surface area contributed by atoms with Crippen molar-refractivity contribution in [3.8, 4) is 0 Å². The fourth-order valence-electron chi connectivity index (χ4n) is 2.83. The van der Waals surface area contributed by atoms with Crippen LogP contribution in [0.1, 0.15) is 33.1 Å². The molecule has 0 saturated carbocycles. The number of nitrogens with zero attached hydrogens (tertiary/aromatic N) is 1. The van der Waals surface area contributed by atoms with Crippen LogP contribution in [0.25, 0.3) is 0 Å². The van der Waals surface area contributed by atoms with Gasteiger partial charge >= 0.3 is 0 Å². The number of hydrogen-bond donors (Lipinski definition) is 0. The molecule has 2 saturated heterocycles. The Morgan fingerprint density at radius 3 is 2.82 bits per heavy atom. The Morgan fingerprint density at radius 2 is 2.09 bits per heavy atom. The van der Waals surface area contributed by atoms with Crippen molar-refractivity contribution in [2.24, 2.45) is 11.8 Å². The number of fused-ring (bicyclic) bond motifs is 1. The summed E-state index contributed by atoms with van der Waals surface area (Å²) in [5, 5.41) is 0. The fraction of sp³-hybridized carbons (Fsp3) is 1.00. The van der Waals surface area contributed by atoms with Crippen LogP contribution in [-0.4, -0.2) is 24.0 Å². The Balaban J connectivity index is 2.03. The summed E-state index contributed by atoms with van der Waals surface area (Å²) in [7, 11) is 0. The third-order valence-corrected chi connectivity index (χ3v) is 3.42. The Kier molecular flexibility index (Phi) is 1.92. The van der Waals surface area contributed by atoms with Gasteiger partial charge in [0.2, 0.25) is 0 Å². The smallest absolute Gasteiger partial charge is 0.0124 e. The van der Waals surface area contributed by atoms with Gasteiger partial charge in [0, 0.05) is 12.6 Å². The van der Waals surface area contributed by atoms with Crippen LogP contribution in [0.5, 0.6) is 0 Å². The average Bonchev–Trinajstić information content (AvgIpc) is 2.31. The van der Waals surface area contributed by atoms with Crippen LogP contribution in [0, 0.1) is 11.8 Å². The van der Waals surface area contributed by atoms with Gasteiger partial charge in [0.15, 0.2) is 0 Å². The van der Waals surface area contributed by atoms with Crippen molar-refractivity contribution in [1.29, 1.82) is 0 Å². The lowest BCUT2D eigenvalue weighted by molar-refractivity contribution is 0.144. The monoisotopic (exact) mass is 153 g/mol. The molecular weight excluding hydrogens is 134 g/mol. The minimum absolute atomic E-state index is 0.943. The van der Waals surface area contributed by atoms with E-state index < -0.39 is 0 Å². The second-order valence-corrected chi connectivity index (χ2v) is 4.52. The van der Waals surface area contributed by atoms with Gasteiger partial charge in [-0.2, -0.15) is 0 Å². The van der Waals surface area contributed by atoms with Gasteiger partial charge in [-0.1, -0.05) is 13.8 Å². The van der Waals surface area contributed by atoms with Crippen LogP contribution in [0.15, 0.2) is 0 Å². The first-order valence-corrected chi connectivity index (χ1v) is 5.01. The molecule has 3 atom stereocenters. The molecule has 0 bridgehead atoms. The van der Waals surface area contributed by atoms with Crippen LogP contribution in [0.2, 0.25) is 0 Å². The first-order chi connectivity index (χ1) is 5.27. The zero-order valence-corrected chi connectivity index (χ0v) is 7.71. The minimum atomic E-state index is 0.943. The Morgan fingerprint density at radius 1 is 1.27 bits per heavy atom. The van der Waals surface area contributed by atoms with E-state index in [1.54, 1.807) is 0 Å². The quantitative estimate of drug-likeness (QED) is 0.515. The van der Waals surface area contributed by atoms with E-state index in [-0.39, 0.29) is 0 Å². The highest BCUT2D eigenvalue weighted by molar-refractivity contribution is 4.89. The van der Waals surface area contributed by atoms with Crippen LogP contribution >= 0.6 is 0 Å². The first-order valence-electron chi connectivity index (χ1n) is 5.01. The first kappa shape index (κ1) is 7.60. The molecular formula is C10H19N. The summed E-state index contributed by atoms with van der Waals surface area (Å²) in [4.78, 5) is 2.71. The second kappa shape index (κ2) is 2.78. The maximum Gasteiger partial charge on any atom is 0.0124 e. The molecule has 0 spiro atoms. The highest BCUT2D eigenvalue weighted by Gasteiger charge is 2.35. The summed E-state index contributed by atoms with van der Waals surface area (Å²) in [5.74, 6) is 1.93. The van der Waals surface area contributed by atoms with Crippen molar-refractivity contribution in [2.45, 2.75) is 39.2 Å². The van der Waals surface area contributed by atoms with E-state index >= 15 is 0 Å². The molecule has 1 heteroatoms. The molecule has 2 fully saturated rings. The Hall–Kier alpha value is -0.0400. The molecule has 0 aromatic rings. The topological polar surface area (TPSA) is 3.24 Å². The lowest BCUT2D eigenvalue weighted by Gasteiger charge is -2.34. The molecule has 2 heterocycles. The molecule has 2 aliphatic rings. The highest BCUT2D eigenvalue weighted by Crippen LogP contribution is 2.33. The largest absolute Gasteiger partial charge is 0.300 e. The zero-order chi connectivity index (χ0) is 7.84. The number of hydrogen-bond acceptors (Lipinski definition) is 1. The summed E-state index contributed by atoms with van der Waals surface area (Å²) in [6, 6.07) is 0.943. The lowest BCUT2D eigenvalue weighted by atomic mass is 9.90. The van der Waals surface area contributed by atoms with Gasteiger partial charge < -0.3 is 0 Å². The molecule has 0 N–H and O–H groups in total. The van der Waals surface area contributed by atoms with Gasteiger partial charge in [-0.3, -0.25) is 4.90 Å². The van der Waals surface area contributed by atoms with Gasteiger partial charge in [-0.05, 0) is 37.6 Å². The second-order valence-electron chi connectivity index (χ2n) is 4.52. The van der Waals surface area contributed by atoms with Gasteiger partial charge in [0.25, 0.3) is 0 Å². The van der Waals surface area contributed by atoms with E-state index in [1.807, 2.05) is 0 Å². The van der Waals surface area contributed by atoms with E-state index in [4.69, 9.17) is 0 Å². The Labute approximate surface area is 69.8 Å². The summed E-state index contributed by atoms with van der Waals surface area (Å²) in [6.45, 7) is 7.56. The predicted molar refractivity (Wildman–Crippen MR) is 47.5 cm³/mol. The SMILES string of the molecule is C[C@@H]1C[C@@H]2[C@H](C)CCCN2C1. The fourth-order valence-corrected chi connectivity index (χ4v) is 2.83. The van der Waals surface area contributed by atoms with Crippen molar-refractivity contribution in [2.75, 3.05) is 13.1 Å². The summed E-state index contributed by atoms with van der Waals surface area (Å²) in [6.07, 6.45) is 4.36. The molecule has 0 aliphatic carbocycles. The van der Waals surface area contributed by atoms with E-state index in [1.165, 1.54) is 32.4 Å². The normalized spacial score (nSPS) is 45.8. The average molecular weight is 153 g/mol. The summed E-state index contributed by atoms with van der Waals surface area (Å²) < 4.78 is 0. The van der Waals surface area contributed by atoms with Gasteiger partial charge in [-0.15, -0.1) is 0 Å². The molecule has 0 amide bonds. The third-order valence-electron chi connectivity index (χ3n) is 3.42.